The van der Waals surface area contributed by atoms with Gasteiger partial charge in [0.1, 0.15) is 5.82 Å². The van der Waals surface area contributed by atoms with Crippen molar-refractivity contribution in [2.45, 2.75) is 18.9 Å². The van der Waals surface area contributed by atoms with Crippen LogP contribution in [0.1, 0.15) is 23.2 Å². The molecule has 4 nitrogen and oxygen atoms in total. The second-order valence-corrected chi connectivity index (χ2v) is 7.61. The summed E-state index contributed by atoms with van der Waals surface area (Å²) in [7, 11) is -3.10. The van der Waals surface area contributed by atoms with Gasteiger partial charge in [0.05, 0.1) is 21.5 Å². The first-order chi connectivity index (χ1) is 8.89. The number of carbonyl (C=O) groups excluding carboxylic acids is 1. The van der Waals surface area contributed by atoms with Crippen molar-refractivity contribution in [1.82, 2.24) is 5.32 Å². The molecule has 0 aliphatic carbocycles. The molecule has 1 atom stereocenters. The lowest BCUT2D eigenvalue weighted by Gasteiger charge is -2.23. The lowest BCUT2D eigenvalue weighted by molar-refractivity contribution is 0.0934. The Balaban J connectivity index is 2.11. The molecule has 19 heavy (non-hydrogen) atoms. The number of amides is 1. The van der Waals surface area contributed by atoms with Crippen LogP contribution >= 0.6 is 15.9 Å². The first-order valence-electron chi connectivity index (χ1n) is 5.84. The van der Waals surface area contributed by atoms with E-state index in [-0.39, 0.29) is 21.5 Å². The second-order valence-electron chi connectivity index (χ2n) is 4.53. The number of carbonyl (C=O) groups is 1. The van der Waals surface area contributed by atoms with Gasteiger partial charge in [-0.3, -0.25) is 4.79 Å². The van der Waals surface area contributed by atoms with Gasteiger partial charge in [0.25, 0.3) is 5.91 Å². The van der Waals surface area contributed by atoms with Crippen LogP contribution in [0.5, 0.6) is 0 Å². The molecule has 0 radical (unpaired) electrons. The lowest BCUT2D eigenvalue weighted by Crippen LogP contribution is -2.43. The summed E-state index contributed by atoms with van der Waals surface area (Å²) in [5.41, 5.74) is -0.0858. The highest BCUT2D eigenvalue weighted by Gasteiger charge is 2.26. The van der Waals surface area contributed by atoms with E-state index in [9.17, 15) is 17.6 Å². The summed E-state index contributed by atoms with van der Waals surface area (Å²) >= 11 is 3.01. The smallest absolute Gasteiger partial charge is 0.254 e. The number of rotatable bonds is 2. The molecule has 1 aromatic carbocycles. The maximum absolute atomic E-state index is 13.7. The molecule has 1 N–H and O–H groups in total. The lowest BCUT2D eigenvalue weighted by atomic mass is 10.1. The third kappa shape index (κ3) is 3.54. The maximum Gasteiger partial charge on any atom is 0.254 e. The Bertz CT molecular complexity index is 603. The molecule has 1 amide bonds. The van der Waals surface area contributed by atoms with Crippen LogP contribution in [-0.4, -0.2) is 31.9 Å². The third-order valence-corrected chi connectivity index (χ3v) is 5.43. The van der Waals surface area contributed by atoms with Crippen molar-refractivity contribution in [3.8, 4) is 0 Å². The largest absolute Gasteiger partial charge is 0.348 e. The summed E-state index contributed by atoms with van der Waals surface area (Å²) in [5, 5.41) is 2.58. The molecule has 2 rings (SSSR count). The molecule has 0 aromatic heterocycles. The highest BCUT2D eigenvalue weighted by molar-refractivity contribution is 9.10. The molecule has 0 spiro atoms. The predicted molar refractivity (Wildman–Crippen MR) is 73.2 cm³/mol. The van der Waals surface area contributed by atoms with E-state index in [4.69, 9.17) is 0 Å². The minimum atomic E-state index is -3.10. The van der Waals surface area contributed by atoms with Crippen molar-refractivity contribution in [3.05, 3.63) is 34.1 Å². The Morgan fingerprint density at radius 3 is 2.84 bits per heavy atom. The Morgan fingerprint density at radius 2 is 2.16 bits per heavy atom. The summed E-state index contributed by atoms with van der Waals surface area (Å²) in [5.74, 6) is -1.14. The standard InChI is InChI=1S/C12H13BrFNO3S/c13-10-5-1-4-9(11(10)14)12(16)15-8-3-2-6-19(17,18)7-8/h1,4-5,8H,2-3,6-7H2,(H,15,16). The first-order valence-corrected chi connectivity index (χ1v) is 8.46. The number of sulfone groups is 1. The molecule has 0 saturated carbocycles. The first kappa shape index (κ1) is 14.5. The van der Waals surface area contributed by atoms with E-state index in [1.807, 2.05) is 0 Å². The van der Waals surface area contributed by atoms with Gasteiger partial charge in [-0.05, 0) is 40.9 Å². The van der Waals surface area contributed by atoms with Crippen LogP contribution in [0.4, 0.5) is 4.39 Å². The number of halogens is 2. The van der Waals surface area contributed by atoms with E-state index in [0.717, 1.165) is 0 Å². The van der Waals surface area contributed by atoms with Crippen LogP contribution in [0.2, 0.25) is 0 Å². The van der Waals surface area contributed by atoms with Gasteiger partial charge in [-0.2, -0.15) is 0 Å². The van der Waals surface area contributed by atoms with Crippen molar-refractivity contribution >= 4 is 31.7 Å². The zero-order valence-corrected chi connectivity index (χ0v) is 12.4. The molecule has 1 fully saturated rings. The summed E-state index contributed by atoms with van der Waals surface area (Å²) in [6, 6.07) is 3.98. The predicted octanol–water partition coefficient (Wildman–Crippen LogP) is 1.90. The molecular formula is C12H13BrFNO3S. The molecule has 1 heterocycles. The number of nitrogens with one attached hydrogen (secondary N) is 1. The second kappa shape index (κ2) is 5.58. The Kier molecular flexibility index (Phi) is 4.25. The molecule has 1 aliphatic rings. The van der Waals surface area contributed by atoms with Crippen molar-refractivity contribution in [2.24, 2.45) is 0 Å². The van der Waals surface area contributed by atoms with E-state index in [1.165, 1.54) is 12.1 Å². The average molecular weight is 350 g/mol. The van der Waals surface area contributed by atoms with E-state index >= 15 is 0 Å². The van der Waals surface area contributed by atoms with Crippen molar-refractivity contribution in [1.29, 1.82) is 0 Å². The third-order valence-electron chi connectivity index (χ3n) is 2.99. The molecule has 0 bridgehead atoms. The molecule has 1 saturated heterocycles. The quantitative estimate of drug-likeness (QED) is 0.886. The Morgan fingerprint density at radius 1 is 1.42 bits per heavy atom. The number of hydrogen-bond donors (Lipinski definition) is 1. The van der Waals surface area contributed by atoms with Gasteiger partial charge in [-0.15, -0.1) is 0 Å². The van der Waals surface area contributed by atoms with E-state index in [2.05, 4.69) is 21.2 Å². The van der Waals surface area contributed by atoms with Crippen LogP contribution in [0, 0.1) is 5.82 Å². The summed E-state index contributed by atoms with van der Waals surface area (Å²) in [4.78, 5) is 11.9. The Hall–Kier alpha value is -0.950. The van der Waals surface area contributed by atoms with Crippen molar-refractivity contribution < 1.29 is 17.6 Å². The number of hydrogen-bond acceptors (Lipinski definition) is 3. The number of benzene rings is 1. The fraction of sp³-hybridized carbons (Fsp3) is 0.417. The van der Waals surface area contributed by atoms with E-state index in [0.29, 0.717) is 12.8 Å². The highest BCUT2D eigenvalue weighted by atomic mass is 79.9. The van der Waals surface area contributed by atoms with Gasteiger partial charge in [-0.25, -0.2) is 12.8 Å². The van der Waals surface area contributed by atoms with Crippen molar-refractivity contribution in [3.63, 3.8) is 0 Å². The highest BCUT2D eigenvalue weighted by Crippen LogP contribution is 2.19. The average Bonchev–Trinajstić information content (AvgIpc) is 2.31. The van der Waals surface area contributed by atoms with Gasteiger partial charge in [0.2, 0.25) is 0 Å². The fourth-order valence-electron chi connectivity index (χ4n) is 2.08. The normalized spacial score (nSPS) is 21.9. The van der Waals surface area contributed by atoms with E-state index < -0.39 is 27.6 Å². The molecule has 104 valence electrons. The van der Waals surface area contributed by atoms with Gasteiger partial charge >= 0.3 is 0 Å². The van der Waals surface area contributed by atoms with Crippen LogP contribution in [0.15, 0.2) is 22.7 Å². The van der Waals surface area contributed by atoms with Crippen LogP contribution in [0.25, 0.3) is 0 Å². The van der Waals surface area contributed by atoms with Crippen LogP contribution in [-0.2, 0) is 9.84 Å². The van der Waals surface area contributed by atoms with Gasteiger partial charge in [-0.1, -0.05) is 6.07 Å². The zero-order valence-electron chi connectivity index (χ0n) is 10.0. The summed E-state index contributed by atoms with van der Waals surface area (Å²) in [6.45, 7) is 0. The minimum absolute atomic E-state index is 0.0750. The monoisotopic (exact) mass is 349 g/mol. The van der Waals surface area contributed by atoms with Gasteiger partial charge < -0.3 is 5.32 Å². The van der Waals surface area contributed by atoms with Gasteiger partial charge in [0.15, 0.2) is 9.84 Å². The van der Waals surface area contributed by atoms with Crippen LogP contribution < -0.4 is 5.32 Å². The summed E-state index contributed by atoms with van der Waals surface area (Å²) < 4.78 is 36.9. The van der Waals surface area contributed by atoms with E-state index in [1.54, 1.807) is 6.07 Å². The van der Waals surface area contributed by atoms with Crippen molar-refractivity contribution in [2.75, 3.05) is 11.5 Å². The molecule has 1 unspecified atom stereocenters. The minimum Gasteiger partial charge on any atom is -0.348 e. The van der Waals surface area contributed by atoms with Crippen LogP contribution in [0.3, 0.4) is 0 Å². The maximum atomic E-state index is 13.7. The molecule has 1 aliphatic heterocycles. The zero-order chi connectivity index (χ0) is 14.0. The fourth-order valence-corrected chi connectivity index (χ4v) is 4.08. The van der Waals surface area contributed by atoms with Gasteiger partial charge in [0, 0.05) is 6.04 Å². The Labute approximate surface area is 119 Å². The topological polar surface area (TPSA) is 63.2 Å². The molecule has 7 heteroatoms. The molecule has 1 aromatic rings. The SMILES string of the molecule is O=C(NC1CCCS(=O)(=O)C1)c1cccc(Br)c1F. The summed E-state index contributed by atoms with van der Waals surface area (Å²) in [6.07, 6.45) is 1.12. The molecular weight excluding hydrogens is 337 g/mol.